The van der Waals surface area contributed by atoms with Crippen LogP contribution in [0.2, 0.25) is 0 Å². The third-order valence-corrected chi connectivity index (χ3v) is 1.53. The predicted octanol–water partition coefficient (Wildman–Crippen LogP) is 2.06. The summed E-state index contributed by atoms with van der Waals surface area (Å²) in [7, 11) is 0. The van der Waals surface area contributed by atoms with Gasteiger partial charge in [-0.05, 0) is 19.1 Å². The van der Waals surface area contributed by atoms with Gasteiger partial charge < -0.3 is 4.79 Å². The number of para-hydroxylation sites is 1. The maximum absolute atomic E-state index is 10.1. The summed E-state index contributed by atoms with van der Waals surface area (Å²) in [6.07, 6.45) is 1.21. The second-order valence-corrected chi connectivity index (χ2v) is 2.70. The van der Waals surface area contributed by atoms with Crippen molar-refractivity contribution < 1.29 is 4.79 Å². The summed E-state index contributed by atoms with van der Waals surface area (Å²) < 4.78 is 0. The molecule has 68 valence electrons. The Balaban J connectivity index is 2.51. The second-order valence-electron chi connectivity index (χ2n) is 2.70. The van der Waals surface area contributed by atoms with Gasteiger partial charge in [0.25, 0.3) is 0 Å². The molecule has 0 aliphatic rings. The van der Waals surface area contributed by atoms with Crippen LogP contribution in [0.25, 0.3) is 0 Å². The Labute approximate surface area is 77.5 Å². The molecular weight excluding hydrogens is 164 g/mol. The van der Waals surface area contributed by atoms with Crippen molar-refractivity contribution in [2.24, 2.45) is 5.10 Å². The molecule has 0 bridgehead atoms. The average molecular weight is 176 g/mol. The van der Waals surface area contributed by atoms with E-state index < -0.39 is 0 Å². The van der Waals surface area contributed by atoms with Crippen molar-refractivity contribution in [1.29, 1.82) is 0 Å². The van der Waals surface area contributed by atoms with Gasteiger partial charge in [0.15, 0.2) is 0 Å². The number of benzene rings is 1. The number of hydrazone groups is 1. The molecule has 1 rings (SSSR count). The van der Waals surface area contributed by atoms with E-state index in [4.69, 9.17) is 0 Å². The Kier molecular flexibility index (Phi) is 3.70. The summed E-state index contributed by atoms with van der Waals surface area (Å²) in [6.45, 7) is 1.81. The van der Waals surface area contributed by atoms with Crippen molar-refractivity contribution in [1.82, 2.24) is 0 Å². The van der Waals surface area contributed by atoms with E-state index in [0.717, 1.165) is 17.7 Å². The number of nitrogens with one attached hydrogen (secondary N) is 1. The van der Waals surface area contributed by atoms with Gasteiger partial charge in [-0.25, -0.2) is 0 Å². The van der Waals surface area contributed by atoms with Crippen LogP contribution in [0.5, 0.6) is 0 Å². The van der Waals surface area contributed by atoms with Crippen molar-refractivity contribution in [2.45, 2.75) is 13.3 Å². The van der Waals surface area contributed by atoms with E-state index >= 15 is 0 Å². The molecule has 0 atom stereocenters. The fourth-order valence-corrected chi connectivity index (χ4v) is 0.839. The van der Waals surface area contributed by atoms with Gasteiger partial charge in [0.1, 0.15) is 6.29 Å². The molecule has 0 unspecified atom stereocenters. The molecule has 0 fully saturated rings. The molecule has 1 N–H and O–H groups in total. The van der Waals surface area contributed by atoms with E-state index in [-0.39, 0.29) is 0 Å². The first kappa shape index (κ1) is 9.45. The second kappa shape index (κ2) is 5.09. The van der Waals surface area contributed by atoms with Crippen LogP contribution in [-0.2, 0) is 4.79 Å². The summed E-state index contributed by atoms with van der Waals surface area (Å²) in [5, 5.41) is 4.02. The van der Waals surface area contributed by atoms with Crippen LogP contribution >= 0.6 is 0 Å². The minimum absolute atomic E-state index is 0.375. The summed E-state index contributed by atoms with van der Waals surface area (Å²) in [4.78, 5) is 10.1. The van der Waals surface area contributed by atoms with Crippen molar-refractivity contribution in [3.63, 3.8) is 0 Å². The number of hydrogen-bond donors (Lipinski definition) is 1. The normalized spacial score (nSPS) is 11.0. The lowest BCUT2D eigenvalue weighted by atomic mass is 10.3. The van der Waals surface area contributed by atoms with Crippen LogP contribution in [0.3, 0.4) is 0 Å². The maximum Gasteiger partial charge on any atom is 0.125 e. The summed E-state index contributed by atoms with van der Waals surface area (Å²) >= 11 is 0. The standard InChI is InChI=1S/C10H12N2O/c1-9(7-8-13)11-12-10-5-3-2-4-6-10/h2-6,8,12H,7H2,1H3/b11-9-. The number of anilines is 1. The van der Waals surface area contributed by atoms with E-state index in [9.17, 15) is 4.79 Å². The molecule has 3 nitrogen and oxygen atoms in total. The molecule has 0 saturated carbocycles. The highest BCUT2D eigenvalue weighted by Crippen LogP contribution is 2.04. The largest absolute Gasteiger partial charge is 0.303 e. The van der Waals surface area contributed by atoms with Gasteiger partial charge in [0.05, 0.1) is 5.69 Å². The zero-order valence-electron chi connectivity index (χ0n) is 7.53. The van der Waals surface area contributed by atoms with Crippen molar-refractivity contribution in [2.75, 3.05) is 5.43 Å². The van der Waals surface area contributed by atoms with E-state index in [2.05, 4.69) is 10.5 Å². The minimum atomic E-state index is 0.375. The highest BCUT2D eigenvalue weighted by atomic mass is 16.1. The number of rotatable bonds is 4. The lowest BCUT2D eigenvalue weighted by molar-refractivity contribution is -0.106. The van der Waals surface area contributed by atoms with E-state index in [1.54, 1.807) is 0 Å². The van der Waals surface area contributed by atoms with E-state index in [0.29, 0.717) is 6.42 Å². The fourth-order valence-electron chi connectivity index (χ4n) is 0.839. The first-order chi connectivity index (χ1) is 6.33. The molecule has 0 saturated heterocycles. The number of carbonyl (C=O) groups is 1. The summed E-state index contributed by atoms with van der Waals surface area (Å²) in [5.74, 6) is 0. The molecule has 3 heteroatoms. The highest BCUT2D eigenvalue weighted by molar-refractivity contribution is 5.92. The molecule has 0 aromatic heterocycles. The Bertz CT molecular complexity index is 293. The van der Waals surface area contributed by atoms with E-state index in [1.165, 1.54) is 0 Å². The molecule has 0 amide bonds. The van der Waals surface area contributed by atoms with Crippen molar-refractivity contribution in [3.05, 3.63) is 30.3 Å². The summed E-state index contributed by atoms with van der Waals surface area (Å²) in [6, 6.07) is 9.61. The maximum atomic E-state index is 10.1. The molecule has 13 heavy (non-hydrogen) atoms. The van der Waals surface area contributed by atoms with E-state index in [1.807, 2.05) is 37.3 Å². The number of aldehydes is 1. The van der Waals surface area contributed by atoms with Crippen LogP contribution in [0.1, 0.15) is 13.3 Å². The number of nitrogens with zero attached hydrogens (tertiary/aromatic N) is 1. The van der Waals surface area contributed by atoms with Crippen LogP contribution in [0.15, 0.2) is 35.4 Å². The van der Waals surface area contributed by atoms with Gasteiger partial charge in [0, 0.05) is 12.1 Å². The van der Waals surface area contributed by atoms with Gasteiger partial charge in [-0.2, -0.15) is 5.10 Å². The monoisotopic (exact) mass is 176 g/mol. The first-order valence-electron chi connectivity index (χ1n) is 4.11. The Hall–Kier alpha value is -1.64. The average Bonchev–Trinajstić information content (AvgIpc) is 2.17. The smallest absolute Gasteiger partial charge is 0.125 e. The van der Waals surface area contributed by atoms with Gasteiger partial charge in [0.2, 0.25) is 0 Å². The minimum Gasteiger partial charge on any atom is -0.303 e. The Morgan fingerprint density at radius 3 is 2.77 bits per heavy atom. The lowest BCUT2D eigenvalue weighted by Crippen LogP contribution is -1.97. The van der Waals surface area contributed by atoms with Crippen LogP contribution in [0, 0.1) is 0 Å². The zero-order valence-corrected chi connectivity index (χ0v) is 7.53. The van der Waals surface area contributed by atoms with Crippen molar-refractivity contribution >= 4 is 17.7 Å². The van der Waals surface area contributed by atoms with Crippen molar-refractivity contribution in [3.8, 4) is 0 Å². The lowest BCUT2D eigenvalue weighted by Gasteiger charge is -1.99. The van der Waals surface area contributed by atoms with Crippen LogP contribution in [0.4, 0.5) is 5.69 Å². The Morgan fingerprint density at radius 1 is 1.46 bits per heavy atom. The van der Waals surface area contributed by atoms with Gasteiger partial charge in [-0.1, -0.05) is 18.2 Å². The molecule has 0 aliphatic carbocycles. The topological polar surface area (TPSA) is 41.5 Å². The SMILES string of the molecule is C/C(CC=O)=N/Nc1ccccc1. The zero-order chi connectivity index (χ0) is 9.52. The molecule has 0 spiro atoms. The molecule has 1 aromatic carbocycles. The van der Waals surface area contributed by atoms with Crippen LogP contribution in [-0.4, -0.2) is 12.0 Å². The Morgan fingerprint density at radius 2 is 2.15 bits per heavy atom. The predicted molar refractivity (Wildman–Crippen MR) is 53.9 cm³/mol. The van der Waals surface area contributed by atoms with Gasteiger partial charge >= 0.3 is 0 Å². The molecule has 0 aliphatic heterocycles. The third-order valence-electron chi connectivity index (χ3n) is 1.53. The fraction of sp³-hybridized carbons (Fsp3) is 0.200. The molecule has 0 heterocycles. The van der Waals surface area contributed by atoms with Gasteiger partial charge in [-0.15, -0.1) is 0 Å². The third kappa shape index (κ3) is 3.51. The summed E-state index contributed by atoms with van der Waals surface area (Å²) in [5.41, 5.74) is 4.56. The first-order valence-corrected chi connectivity index (χ1v) is 4.11. The quantitative estimate of drug-likeness (QED) is 0.433. The molecule has 1 aromatic rings. The highest BCUT2D eigenvalue weighted by Gasteiger charge is 1.89. The number of hydrogen-bond acceptors (Lipinski definition) is 3. The molecule has 0 radical (unpaired) electrons. The van der Waals surface area contributed by atoms with Crippen LogP contribution < -0.4 is 5.43 Å². The molecular formula is C10H12N2O. The van der Waals surface area contributed by atoms with Gasteiger partial charge in [-0.3, -0.25) is 5.43 Å². The number of carbonyl (C=O) groups excluding carboxylic acids is 1.